The summed E-state index contributed by atoms with van der Waals surface area (Å²) in [6.07, 6.45) is 1.81. The van der Waals surface area contributed by atoms with Gasteiger partial charge in [-0.3, -0.25) is 4.79 Å². The number of carbonyl (C=O) groups excluding carboxylic acids is 1. The van der Waals surface area contributed by atoms with E-state index in [0.29, 0.717) is 18.7 Å². The fourth-order valence-electron chi connectivity index (χ4n) is 2.62. The molecule has 0 amide bonds. The number of rotatable bonds is 6. The van der Waals surface area contributed by atoms with E-state index in [2.05, 4.69) is 0 Å². The summed E-state index contributed by atoms with van der Waals surface area (Å²) < 4.78 is 27.7. The lowest BCUT2D eigenvalue weighted by Gasteiger charge is -2.27. The van der Waals surface area contributed by atoms with Gasteiger partial charge in [-0.05, 0) is 12.8 Å². The van der Waals surface area contributed by atoms with E-state index in [1.54, 1.807) is 26.1 Å². The molecule has 2 rings (SSSR count). The number of hydrogen-bond acceptors (Lipinski definition) is 3. The van der Waals surface area contributed by atoms with Crippen LogP contribution in [-0.2, 0) is 10.2 Å². The van der Waals surface area contributed by atoms with Crippen LogP contribution in [0.2, 0.25) is 0 Å². The van der Waals surface area contributed by atoms with Gasteiger partial charge in [-0.2, -0.15) is 17.0 Å². The molecule has 1 aromatic carbocycles. The second-order valence-corrected chi connectivity index (χ2v) is 7.31. The lowest BCUT2D eigenvalue weighted by atomic mass is 10.0. The van der Waals surface area contributed by atoms with Crippen LogP contribution < -0.4 is 0 Å². The minimum Gasteiger partial charge on any atom is -0.294 e. The third kappa shape index (κ3) is 3.51. The van der Waals surface area contributed by atoms with Gasteiger partial charge in [0.05, 0.1) is 0 Å². The summed E-state index contributed by atoms with van der Waals surface area (Å²) in [6.45, 7) is 2.73. The van der Waals surface area contributed by atoms with Crippen molar-refractivity contribution < 1.29 is 13.2 Å². The quantitative estimate of drug-likeness (QED) is 0.754. The standard InChI is InChI=1S/C15H22N2O3S/c1-3-16(2)21(19,20)17-11-7-10-14(17)12-15(18)13-8-5-4-6-9-13/h4-6,8-9,14H,3,7,10-12H2,1-2H3/t14-/m1/s1. The van der Waals surface area contributed by atoms with Crippen molar-refractivity contribution in [2.24, 2.45) is 0 Å². The number of benzene rings is 1. The molecule has 1 atom stereocenters. The largest absolute Gasteiger partial charge is 0.294 e. The normalized spacial score (nSPS) is 20.0. The summed E-state index contributed by atoms with van der Waals surface area (Å²) in [5.74, 6) is 0.00171. The molecule has 0 aromatic heterocycles. The Morgan fingerprint density at radius 3 is 2.62 bits per heavy atom. The summed E-state index contributed by atoms with van der Waals surface area (Å²) in [5.41, 5.74) is 0.644. The van der Waals surface area contributed by atoms with Crippen LogP contribution >= 0.6 is 0 Å². The van der Waals surface area contributed by atoms with Gasteiger partial charge in [0.2, 0.25) is 0 Å². The summed E-state index contributed by atoms with van der Waals surface area (Å²) in [6, 6.07) is 8.82. The summed E-state index contributed by atoms with van der Waals surface area (Å²) >= 11 is 0. The third-order valence-electron chi connectivity index (χ3n) is 3.98. The van der Waals surface area contributed by atoms with E-state index < -0.39 is 10.2 Å². The van der Waals surface area contributed by atoms with Crippen LogP contribution in [0.1, 0.15) is 36.5 Å². The molecule has 6 heteroatoms. The molecule has 0 spiro atoms. The van der Waals surface area contributed by atoms with Gasteiger partial charge in [-0.15, -0.1) is 0 Å². The molecule has 0 radical (unpaired) electrons. The molecule has 1 heterocycles. The molecular weight excluding hydrogens is 288 g/mol. The first-order valence-corrected chi connectivity index (χ1v) is 8.68. The highest BCUT2D eigenvalue weighted by atomic mass is 32.2. The Labute approximate surface area is 126 Å². The predicted octanol–water partition coefficient (Wildman–Crippen LogP) is 1.92. The summed E-state index contributed by atoms with van der Waals surface area (Å²) in [4.78, 5) is 12.3. The lowest BCUT2D eigenvalue weighted by Crippen LogP contribution is -2.44. The second kappa shape index (κ2) is 6.68. The maximum absolute atomic E-state index is 12.4. The minimum absolute atomic E-state index is 0.00171. The number of nitrogens with zero attached hydrogens (tertiary/aromatic N) is 2. The van der Waals surface area contributed by atoms with Crippen molar-refractivity contribution in [1.82, 2.24) is 8.61 Å². The average molecular weight is 310 g/mol. The molecule has 5 nitrogen and oxygen atoms in total. The monoisotopic (exact) mass is 310 g/mol. The minimum atomic E-state index is -3.45. The topological polar surface area (TPSA) is 57.7 Å². The SMILES string of the molecule is CCN(C)S(=O)(=O)N1CCC[C@@H]1CC(=O)c1ccccc1. The molecule has 1 fully saturated rings. The molecule has 0 aliphatic carbocycles. The number of Topliss-reactive ketones (excluding diaryl/α,β-unsaturated/α-hetero) is 1. The smallest absolute Gasteiger partial charge is 0.281 e. The van der Waals surface area contributed by atoms with Crippen molar-refractivity contribution in [3.8, 4) is 0 Å². The molecular formula is C15H22N2O3S. The van der Waals surface area contributed by atoms with E-state index in [9.17, 15) is 13.2 Å². The number of ketones is 1. The van der Waals surface area contributed by atoms with Gasteiger partial charge >= 0.3 is 0 Å². The van der Waals surface area contributed by atoms with Crippen LogP contribution in [0, 0.1) is 0 Å². The fourth-order valence-corrected chi connectivity index (χ4v) is 4.22. The fraction of sp³-hybridized carbons (Fsp3) is 0.533. The molecule has 1 aliphatic rings. The zero-order valence-electron chi connectivity index (χ0n) is 12.5. The molecule has 0 bridgehead atoms. The Kier molecular flexibility index (Phi) is 5.13. The van der Waals surface area contributed by atoms with Gasteiger partial charge in [0.1, 0.15) is 0 Å². The van der Waals surface area contributed by atoms with Gasteiger partial charge in [-0.25, -0.2) is 0 Å². The van der Waals surface area contributed by atoms with Gasteiger partial charge in [-0.1, -0.05) is 37.3 Å². The van der Waals surface area contributed by atoms with Crippen molar-refractivity contribution in [2.45, 2.75) is 32.2 Å². The van der Waals surface area contributed by atoms with Crippen molar-refractivity contribution in [3.05, 3.63) is 35.9 Å². The van der Waals surface area contributed by atoms with E-state index in [4.69, 9.17) is 0 Å². The zero-order chi connectivity index (χ0) is 15.5. The highest BCUT2D eigenvalue weighted by molar-refractivity contribution is 7.86. The second-order valence-electron chi connectivity index (χ2n) is 5.32. The van der Waals surface area contributed by atoms with Gasteiger partial charge in [0, 0.05) is 38.2 Å². The van der Waals surface area contributed by atoms with Gasteiger partial charge in [0.15, 0.2) is 5.78 Å². The maximum Gasteiger partial charge on any atom is 0.281 e. The number of hydrogen-bond donors (Lipinski definition) is 0. The van der Waals surface area contributed by atoms with Crippen LogP contribution in [0.5, 0.6) is 0 Å². The van der Waals surface area contributed by atoms with Crippen molar-refractivity contribution in [3.63, 3.8) is 0 Å². The summed E-state index contributed by atoms with van der Waals surface area (Å²) in [5, 5.41) is 0. The zero-order valence-corrected chi connectivity index (χ0v) is 13.3. The summed E-state index contributed by atoms with van der Waals surface area (Å²) in [7, 11) is -1.88. The predicted molar refractivity (Wildman–Crippen MR) is 82.3 cm³/mol. The van der Waals surface area contributed by atoms with Gasteiger partial charge < -0.3 is 0 Å². The molecule has 21 heavy (non-hydrogen) atoms. The van der Waals surface area contributed by atoms with E-state index in [-0.39, 0.29) is 18.2 Å². The Hall–Kier alpha value is -1.24. The highest BCUT2D eigenvalue weighted by Gasteiger charge is 2.37. The van der Waals surface area contributed by atoms with Crippen molar-refractivity contribution in [1.29, 1.82) is 0 Å². The van der Waals surface area contributed by atoms with Crippen molar-refractivity contribution >= 4 is 16.0 Å². The molecule has 1 aromatic rings. The van der Waals surface area contributed by atoms with E-state index in [1.807, 2.05) is 18.2 Å². The van der Waals surface area contributed by atoms with Crippen LogP contribution in [0.4, 0.5) is 0 Å². The van der Waals surface area contributed by atoms with Crippen LogP contribution in [0.25, 0.3) is 0 Å². The Balaban J connectivity index is 2.11. The van der Waals surface area contributed by atoms with E-state index in [1.165, 1.54) is 8.61 Å². The Morgan fingerprint density at radius 1 is 1.33 bits per heavy atom. The molecule has 116 valence electrons. The first kappa shape index (κ1) is 16.1. The van der Waals surface area contributed by atoms with Crippen LogP contribution in [0.3, 0.4) is 0 Å². The van der Waals surface area contributed by atoms with E-state index >= 15 is 0 Å². The van der Waals surface area contributed by atoms with Crippen LogP contribution in [0.15, 0.2) is 30.3 Å². The Bertz CT molecular complexity index is 586. The number of carbonyl (C=O) groups is 1. The van der Waals surface area contributed by atoms with E-state index in [0.717, 1.165) is 12.8 Å². The lowest BCUT2D eigenvalue weighted by molar-refractivity contribution is 0.0960. The molecule has 0 saturated carbocycles. The molecule has 0 N–H and O–H groups in total. The third-order valence-corrected chi connectivity index (χ3v) is 6.09. The molecule has 1 aliphatic heterocycles. The van der Waals surface area contributed by atoms with Crippen molar-refractivity contribution in [2.75, 3.05) is 20.1 Å². The Morgan fingerprint density at radius 2 is 2.00 bits per heavy atom. The first-order valence-electron chi connectivity index (χ1n) is 7.28. The van der Waals surface area contributed by atoms with Gasteiger partial charge in [0.25, 0.3) is 10.2 Å². The van der Waals surface area contributed by atoms with Crippen LogP contribution in [-0.4, -0.2) is 49.0 Å². The first-order chi connectivity index (χ1) is 9.96. The highest BCUT2D eigenvalue weighted by Crippen LogP contribution is 2.26. The molecule has 1 saturated heterocycles. The maximum atomic E-state index is 12.4. The molecule has 0 unspecified atom stereocenters. The average Bonchev–Trinajstić information content (AvgIpc) is 2.96.